The standard InChI is InChI=1S/C21H24N4O2S.ClH/c1-25(13-18-23-17-7-9-28-20(17)21(27)24-18)19(26)11-15-4-2-14(3-5-15)10-16-6-8-22-12-16;/h2-5,7,9,16,22H,6,8,10-13H2,1H3,(H,23,24,27);1H. The van der Waals surface area contributed by atoms with E-state index in [1.807, 2.05) is 23.6 Å². The molecule has 0 saturated carbocycles. The minimum absolute atomic E-state index is 0. The van der Waals surface area contributed by atoms with E-state index in [0.717, 1.165) is 25.1 Å². The highest BCUT2D eigenvalue weighted by Crippen LogP contribution is 2.17. The van der Waals surface area contributed by atoms with Crippen molar-refractivity contribution in [2.45, 2.75) is 25.8 Å². The summed E-state index contributed by atoms with van der Waals surface area (Å²) in [4.78, 5) is 33.5. The average Bonchev–Trinajstić information content (AvgIpc) is 3.35. The fourth-order valence-electron chi connectivity index (χ4n) is 3.63. The van der Waals surface area contributed by atoms with E-state index >= 15 is 0 Å². The zero-order valence-electron chi connectivity index (χ0n) is 16.3. The number of hydrogen-bond acceptors (Lipinski definition) is 5. The molecule has 3 heterocycles. The van der Waals surface area contributed by atoms with E-state index in [1.165, 1.54) is 23.3 Å². The SMILES string of the molecule is CN(Cc1nc2ccsc2c(=O)[nH]1)C(=O)Cc1ccc(CC2CCNC2)cc1.Cl. The zero-order chi connectivity index (χ0) is 19.5. The van der Waals surface area contributed by atoms with E-state index in [0.29, 0.717) is 28.4 Å². The van der Waals surface area contributed by atoms with Gasteiger partial charge in [0.2, 0.25) is 5.91 Å². The minimum atomic E-state index is -0.149. The second kappa shape index (κ2) is 9.52. The maximum Gasteiger partial charge on any atom is 0.268 e. The van der Waals surface area contributed by atoms with Crippen LogP contribution in [0.1, 0.15) is 23.4 Å². The Hall–Kier alpha value is -2.22. The fourth-order valence-corrected chi connectivity index (χ4v) is 4.36. The molecule has 1 saturated heterocycles. The molecule has 1 aliphatic heterocycles. The maximum absolute atomic E-state index is 12.6. The van der Waals surface area contributed by atoms with E-state index in [4.69, 9.17) is 0 Å². The minimum Gasteiger partial charge on any atom is -0.338 e. The van der Waals surface area contributed by atoms with Crippen LogP contribution in [-0.4, -0.2) is 40.9 Å². The maximum atomic E-state index is 12.6. The van der Waals surface area contributed by atoms with E-state index in [2.05, 4.69) is 27.4 Å². The van der Waals surface area contributed by atoms with Gasteiger partial charge in [-0.2, -0.15) is 0 Å². The molecule has 6 nitrogen and oxygen atoms in total. The number of nitrogens with one attached hydrogen (secondary N) is 2. The summed E-state index contributed by atoms with van der Waals surface area (Å²) in [5.74, 6) is 1.22. The van der Waals surface area contributed by atoms with Crippen molar-refractivity contribution in [3.63, 3.8) is 0 Å². The number of carbonyl (C=O) groups is 1. The van der Waals surface area contributed by atoms with Gasteiger partial charge >= 0.3 is 0 Å². The van der Waals surface area contributed by atoms with Crippen molar-refractivity contribution < 1.29 is 4.79 Å². The monoisotopic (exact) mass is 432 g/mol. The summed E-state index contributed by atoms with van der Waals surface area (Å²) in [5, 5.41) is 5.24. The van der Waals surface area contributed by atoms with Crippen molar-refractivity contribution in [1.29, 1.82) is 0 Å². The van der Waals surface area contributed by atoms with Crippen molar-refractivity contribution >= 4 is 39.9 Å². The molecule has 0 spiro atoms. The summed E-state index contributed by atoms with van der Waals surface area (Å²) < 4.78 is 0.617. The summed E-state index contributed by atoms with van der Waals surface area (Å²) in [6.45, 7) is 2.49. The Balaban J connectivity index is 0.00000240. The number of aromatic nitrogens is 2. The highest BCUT2D eigenvalue weighted by molar-refractivity contribution is 7.17. The normalized spacial score (nSPS) is 16.0. The molecule has 0 aliphatic carbocycles. The molecular formula is C21H25ClN4O2S. The van der Waals surface area contributed by atoms with Crippen LogP contribution in [0.5, 0.6) is 0 Å². The lowest BCUT2D eigenvalue weighted by Crippen LogP contribution is -2.29. The number of nitrogens with zero attached hydrogens (tertiary/aromatic N) is 2. The van der Waals surface area contributed by atoms with Gasteiger partial charge in [-0.05, 0) is 54.4 Å². The Bertz CT molecular complexity index is 1030. The predicted octanol–water partition coefficient (Wildman–Crippen LogP) is 2.76. The molecule has 1 unspecified atom stereocenters. The van der Waals surface area contributed by atoms with Crippen LogP contribution >= 0.6 is 23.7 Å². The molecular weight excluding hydrogens is 408 g/mol. The Morgan fingerprint density at radius 2 is 2.00 bits per heavy atom. The van der Waals surface area contributed by atoms with E-state index in [1.54, 1.807) is 11.9 Å². The van der Waals surface area contributed by atoms with Crippen LogP contribution in [0.15, 0.2) is 40.5 Å². The molecule has 1 fully saturated rings. The van der Waals surface area contributed by atoms with Gasteiger partial charge in [-0.25, -0.2) is 4.98 Å². The molecule has 29 heavy (non-hydrogen) atoms. The van der Waals surface area contributed by atoms with Crippen LogP contribution in [-0.2, 0) is 24.2 Å². The number of benzene rings is 1. The van der Waals surface area contributed by atoms with Gasteiger partial charge in [0.05, 0.1) is 18.5 Å². The highest BCUT2D eigenvalue weighted by atomic mass is 35.5. The molecule has 3 aromatic rings. The molecule has 1 aromatic carbocycles. The molecule has 0 bridgehead atoms. The fraction of sp³-hybridized carbons (Fsp3) is 0.381. The Kier molecular flexibility index (Phi) is 7.05. The summed E-state index contributed by atoms with van der Waals surface area (Å²) in [6.07, 6.45) is 2.66. The Labute approximate surface area is 179 Å². The molecule has 8 heteroatoms. The highest BCUT2D eigenvalue weighted by Gasteiger charge is 2.16. The molecule has 154 valence electrons. The van der Waals surface area contributed by atoms with Crippen LogP contribution in [0.2, 0.25) is 0 Å². The lowest BCUT2D eigenvalue weighted by atomic mass is 9.97. The first-order valence-corrected chi connectivity index (χ1v) is 10.5. The third-order valence-electron chi connectivity index (χ3n) is 5.24. The van der Waals surface area contributed by atoms with Crippen LogP contribution < -0.4 is 10.9 Å². The van der Waals surface area contributed by atoms with Gasteiger partial charge in [-0.1, -0.05) is 24.3 Å². The number of hydrogen-bond donors (Lipinski definition) is 2. The molecule has 1 atom stereocenters. The smallest absolute Gasteiger partial charge is 0.268 e. The first kappa shape index (κ1) is 21.5. The number of H-pyrrole nitrogens is 1. The van der Waals surface area contributed by atoms with Crippen molar-refractivity contribution in [2.75, 3.05) is 20.1 Å². The number of carbonyl (C=O) groups excluding carboxylic acids is 1. The number of aromatic amines is 1. The van der Waals surface area contributed by atoms with Crippen LogP contribution in [0, 0.1) is 5.92 Å². The van der Waals surface area contributed by atoms with Gasteiger partial charge < -0.3 is 15.2 Å². The third kappa shape index (κ3) is 5.23. The quantitative estimate of drug-likeness (QED) is 0.627. The Morgan fingerprint density at radius 3 is 2.72 bits per heavy atom. The predicted molar refractivity (Wildman–Crippen MR) is 119 cm³/mol. The van der Waals surface area contributed by atoms with Crippen molar-refractivity contribution in [1.82, 2.24) is 20.2 Å². The molecule has 4 rings (SSSR count). The molecule has 2 N–H and O–H groups in total. The van der Waals surface area contributed by atoms with Gasteiger partial charge in [-0.3, -0.25) is 9.59 Å². The van der Waals surface area contributed by atoms with Crippen molar-refractivity contribution in [2.24, 2.45) is 5.92 Å². The van der Waals surface area contributed by atoms with Crippen molar-refractivity contribution in [3.8, 4) is 0 Å². The summed E-state index contributed by atoms with van der Waals surface area (Å²) in [7, 11) is 1.74. The first-order valence-electron chi connectivity index (χ1n) is 9.57. The van der Waals surface area contributed by atoms with E-state index in [-0.39, 0.29) is 30.4 Å². The van der Waals surface area contributed by atoms with Gasteiger partial charge in [0.25, 0.3) is 5.56 Å². The first-order chi connectivity index (χ1) is 13.6. The van der Waals surface area contributed by atoms with E-state index in [9.17, 15) is 9.59 Å². The molecule has 1 amide bonds. The summed E-state index contributed by atoms with van der Waals surface area (Å²) in [6, 6.07) is 10.2. The van der Waals surface area contributed by atoms with Crippen LogP contribution in [0.25, 0.3) is 10.2 Å². The lowest BCUT2D eigenvalue weighted by molar-refractivity contribution is -0.129. The summed E-state index contributed by atoms with van der Waals surface area (Å²) >= 11 is 1.37. The van der Waals surface area contributed by atoms with E-state index < -0.39 is 0 Å². The van der Waals surface area contributed by atoms with Gasteiger partial charge in [0, 0.05) is 7.05 Å². The van der Waals surface area contributed by atoms with Gasteiger partial charge in [0.1, 0.15) is 10.5 Å². The van der Waals surface area contributed by atoms with Crippen LogP contribution in [0.4, 0.5) is 0 Å². The molecule has 2 aromatic heterocycles. The van der Waals surface area contributed by atoms with Gasteiger partial charge in [-0.15, -0.1) is 23.7 Å². The number of likely N-dealkylation sites (N-methyl/N-ethyl adjacent to an activating group) is 1. The second-order valence-electron chi connectivity index (χ2n) is 7.45. The number of halogens is 1. The lowest BCUT2D eigenvalue weighted by Gasteiger charge is -2.17. The molecule has 1 aliphatic rings. The van der Waals surface area contributed by atoms with Crippen LogP contribution in [0.3, 0.4) is 0 Å². The summed E-state index contributed by atoms with van der Waals surface area (Å²) in [5.41, 5.74) is 2.85. The average molecular weight is 433 g/mol. The third-order valence-corrected chi connectivity index (χ3v) is 6.14. The van der Waals surface area contributed by atoms with Crippen molar-refractivity contribution in [3.05, 3.63) is 63.0 Å². The number of amides is 1. The largest absolute Gasteiger partial charge is 0.338 e. The second-order valence-corrected chi connectivity index (χ2v) is 8.37. The van der Waals surface area contributed by atoms with Gasteiger partial charge in [0.15, 0.2) is 0 Å². The topological polar surface area (TPSA) is 78.1 Å². The number of thiophene rings is 1. The molecule has 0 radical (unpaired) electrons. The number of fused-ring (bicyclic) bond motifs is 1. The zero-order valence-corrected chi connectivity index (χ0v) is 17.9. The Morgan fingerprint density at radius 1 is 1.24 bits per heavy atom. The number of rotatable bonds is 6.